The van der Waals surface area contributed by atoms with Crippen molar-refractivity contribution >= 4 is 5.97 Å². The highest BCUT2D eigenvalue weighted by molar-refractivity contribution is 5.69. The molecule has 0 aromatic carbocycles. The van der Waals surface area contributed by atoms with Gasteiger partial charge in [-0.2, -0.15) is 0 Å². The van der Waals surface area contributed by atoms with Crippen LogP contribution in [-0.2, 0) is 4.79 Å². The zero-order valence-corrected chi connectivity index (χ0v) is 9.65. The third-order valence-electron chi connectivity index (χ3n) is 3.31. The van der Waals surface area contributed by atoms with Gasteiger partial charge in [0.2, 0.25) is 0 Å². The van der Waals surface area contributed by atoms with Crippen LogP contribution in [0.2, 0.25) is 0 Å². The van der Waals surface area contributed by atoms with Crippen LogP contribution >= 0.6 is 0 Å². The lowest BCUT2D eigenvalue weighted by molar-refractivity contribution is -0.139. The minimum Gasteiger partial charge on any atom is -0.480 e. The minimum atomic E-state index is -0.746. The third-order valence-corrected chi connectivity index (χ3v) is 3.31. The molecule has 1 saturated carbocycles. The molecule has 1 N–H and O–H groups in total. The predicted octanol–water partition coefficient (Wildman–Crippen LogP) is 1.99. The number of carboxylic acid groups (broad SMARTS) is 1. The van der Waals surface area contributed by atoms with Crippen molar-refractivity contribution in [1.82, 2.24) is 4.90 Å². The number of hydrogen-bond acceptors (Lipinski definition) is 2. The summed E-state index contributed by atoms with van der Waals surface area (Å²) < 4.78 is 0. The lowest BCUT2D eigenvalue weighted by Gasteiger charge is -2.44. The Morgan fingerprint density at radius 2 is 2.20 bits per heavy atom. The first-order valence-electron chi connectivity index (χ1n) is 5.61. The van der Waals surface area contributed by atoms with Gasteiger partial charge in [0, 0.05) is 12.6 Å². The molecule has 0 saturated heterocycles. The van der Waals surface area contributed by atoms with E-state index in [4.69, 9.17) is 5.11 Å². The molecular weight excluding hydrogens is 190 g/mol. The Morgan fingerprint density at radius 1 is 1.60 bits per heavy atom. The molecule has 1 aliphatic rings. The summed E-state index contributed by atoms with van der Waals surface area (Å²) in [6, 6.07) is 0.450. The molecule has 3 heteroatoms. The monoisotopic (exact) mass is 211 g/mol. The molecule has 1 rings (SSSR count). The van der Waals surface area contributed by atoms with Crippen LogP contribution in [0.5, 0.6) is 0 Å². The molecule has 0 aromatic heterocycles. The van der Waals surface area contributed by atoms with E-state index in [0.717, 1.165) is 24.7 Å². The zero-order chi connectivity index (χ0) is 11.4. The minimum absolute atomic E-state index is 0.140. The molecule has 0 radical (unpaired) electrons. The first-order valence-corrected chi connectivity index (χ1v) is 5.61. The highest BCUT2D eigenvalue weighted by Gasteiger charge is 2.35. The molecule has 0 bridgehead atoms. The highest BCUT2D eigenvalue weighted by atomic mass is 16.4. The van der Waals surface area contributed by atoms with Crippen LogP contribution < -0.4 is 0 Å². The van der Waals surface area contributed by atoms with Crippen LogP contribution in [0.3, 0.4) is 0 Å². The van der Waals surface area contributed by atoms with Crippen LogP contribution in [0.1, 0.15) is 26.7 Å². The molecule has 86 valence electrons. The van der Waals surface area contributed by atoms with Crippen molar-refractivity contribution in [2.45, 2.75) is 32.7 Å². The van der Waals surface area contributed by atoms with Gasteiger partial charge in [-0.1, -0.05) is 19.9 Å². The van der Waals surface area contributed by atoms with Crippen molar-refractivity contribution in [1.29, 1.82) is 0 Å². The molecule has 0 spiro atoms. The van der Waals surface area contributed by atoms with E-state index in [9.17, 15) is 4.79 Å². The Labute approximate surface area is 91.8 Å². The number of hydrogen-bond donors (Lipinski definition) is 1. The molecule has 0 aromatic rings. The maximum absolute atomic E-state index is 10.7. The average molecular weight is 211 g/mol. The second-order valence-electron chi connectivity index (χ2n) is 4.74. The Hall–Kier alpha value is -0.830. The zero-order valence-electron chi connectivity index (χ0n) is 9.65. The fourth-order valence-electron chi connectivity index (χ4n) is 2.15. The number of rotatable bonds is 6. The van der Waals surface area contributed by atoms with Crippen molar-refractivity contribution in [2.24, 2.45) is 11.8 Å². The molecule has 0 amide bonds. The van der Waals surface area contributed by atoms with E-state index in [1.807, 2.05) is 4.90 Å². The van der Waals surface area contributed by atoms with Crippen molar-refractivity contribution in [2.75, 3.05) is 13.1 Å². The highest BCUT2D eigenvalue weighted by Crippen LogP contribution is 2.36. The number of aliphatic carboxylic acids is 1. The van der Waals surface area contributed by atoms with Gasteiger partial charge in [0.25, 0.3) is 0 Å². The smallest absolute Gasteiger partial charge is 0.317 e. The molecule has 0 aliphatic heterocycles. The Balaban J connectivity index is 2.39. The van der Waals surface area contributed by atoms with Crippen LogP contribution in [-0.4, -0.2) is 35.1 Å². The second-order valence-corrected chi connectivity index (χ2v) is 4.74. The molecule has 0 heterocycles. The summed E-state index contributed by atoms with van der Waals surface area (Å²) in [5.41, 5.74) is 0. The van der Waals surface area contributed by atoms with Gasteiger partial charge >= 0.3 is 5.97 Å². The van der Waals surface area contributed by atoms with Crippen LogP contribution in [0, 0.1) is 11.8 Å². The average Bonchev–Trinajstić information content (AvgIpc) is 1.99. The summed E-state index contributed by atoms with van der Waals surface area (Å²) in [6.45, 7) is 8.95. The first-order chi connectivity index (χ1) is 7.04. The number of carbonyl (C=O) groups is 1. The maximum Gasteiger partial charge on any atom is 0.317 e. The van der Waals surface area contributed by atoms with Crippen LogP contribution in [0.25, 0.3) is 0 Å². The van der Waals surface area contributed by atoms with Crippen molar-refractivity contribution in [3.05, 3.63) is 12.7 Å². The summed E-state index contributed by atoms with van der Waals surface area (Å²) in [4.78, 5) is 12.7. The maximum atomic E-state index is 10.7. The largest absolute Gasteiger partial charge is 0.480 e. The molecule has 1 fully saturated rings. The fraction of sp³-hybridized carbons (Fsp3) is 0.750. The van der Waals surface area contributed by atoms with Gasteiger partial charge in [-0.3, -0.25) is 9.69 Å². The van der Waals surface area contributed by atoms with E-state index in [1.54, 1.807) is 6.08 Å². The van der Waals surface area contributed by atoms with E-state index in [-0.39, 0.29) is 6.54 Å². The van der Waals surface area contributed by atoms with Gasteiger partial charge in [0.05, 0.1) is 6.54 Å². The lowest BCUT2D eigenvalue weighted by Crippen LogP contribution is -2.48. The normalized spacial score (nSPS) is 25.3. The SMILES string of the molecule is C=CCN(CC(=O)O)C1CC(C(C)C)C1. The van der Waals surface area contributed by atoms with Crippen LogP contribution in [0.15, 0.2) is 12.7 Å². The molecular formula is C12H21NO2. The van der Waals surface area contributed by atoms with Gasteiger partial charge < -0.3 is 5.11 Å². The summed E-state index contributed by atoms with van der Waals surface area (Å²) in [6.07, 6.45) is 4.06. The standard InChI is InChI=1S/C12H21NO2/c1-4-5-13(8-12(14)15)11-6-10(7-11)9(2)3/h4,9-11H,1,5-8H2,2-3H3,(H,14,15). The lowest BCUT2D eigenvalue weighted by atomic mass is 9.73. The first kappa shape index (κ1) is 12.2. The quantitative estimate of drug-likeness (QED) is 0.683. The molecule has 0 atom stereocenters. The van der Waals surface area contributed by atoms with E-state index in [0.29, 0.717) is 12.6 Å². The van der Waals surface area contributed by atoms with Crippen LogP contribution in [0.4, 0.5) is 0 Å². The molecule has 3 nitrogen and oxygen atoms in total. The van der Waals surface area contributed by atoms with E-state index < -0.39 is 5.97 Å². The molecule has 0 unspecified atom stereocenters. The summed E-state index contributed by atoms with van der Waals surface area (Å²) in [5, 5.41) is 8.78. The third kappa shape index (κ3) is 3.34. The Morgan fingerprint density at radius 3 is 2.60 bits per heavy atom. The van der Waals surface area contributed by atoms with Gasteiger partial charge in [0.15, 0.2) is 0 Å². The van der Waals surface area contributed by atoms with Crippen molar-refractivity contribution < 1.29 is 9.90 Å². The molecule has 1 aliphatic carbocycles. The molecule has 15 heavy (non-hydrogen) atoms. The summed E-state index contributed by atoms with van der Waals surface area (Å²) >= 11 is 0. The van der Waals surface area contributed by atoms with Crippen molar-refractivity contribution in [3.8, 4) is 0 Å². The Kier molecular flexibility index (Phi) is 4.33. The number of nitrogens with zero attached hydrogens (tertiary/aromatic N) is 1. The second kappa shape index (κ2) is 5.31. The van der Waals surface area contributed by atoms with E-state index in [2.05, 4.69) is 20.4 Å². The van der Waals surface area contributed by atoms with E-state index in [1.165, 1.54) is 0 Å². The Bertz CT molecular complexity index is 232. The van der Waals surface area contributed by atoms with Gasteiger partial charge in [-0.15, -0.1) is 6.58 Å². The fourth-order valence-corrected chi connectivity index (χ4v) is 2.15. The van der Waals surface area contributed by atoms with Crippen molar-refractivity contribution in [3.63, 3.8) is 0 Å². The summed E-state index contributed by atoms with van der Waals surface area (Å²) in [7, 11) is 0. The number of carboxylic acids is 1. The summed E-state index contributed by atoms with van der Waals surface area (Å²) in [5.74, 6) is 0.748. The van der Waals surface area contributed by atoms with E-state index >= 15 is 0 Å². The van der Waals surface area contributed by atoms with Gasteiger partial charge in [0.1, 0.15) is 0 Å². The predicted molar refractivity (Wildman–Crippen MR) is 60.8 cm³/mol. The topological polar surface area (TPSA) is 40.5 Å². The van der Waals surface area contributed by atoms with Gasteiger partial charge in [-0.25, -0.2) is 0 Å². The van der Waals surface area contributed by atoms with Gasteiger partial charge in [-0.05, 0) is 24.7 Å².